The summed E-state index contributed by atoms with van der Waals surface area (Å²) in [6.45, 7) is 3.12. The van der Waals surface area contributed by atoms with Crippen molar-refractivity contribution in [3.63, 3.8) is 0 Å². The maximum Gasteiger partial charge on any atom is 0.264 e. The molecule has 0 aliphatic carbocycles. The van der Waals surface area contributed by atoms with E-state index in [4.69, 9.17) is 11.6 Å². The number of carbonyl (C=O) groups is 1. The molecule has 0 saturated carbocycles. The molecule has 0 fully saturated rings. The van der Waals surface area contributed by atoms with Gasteiger partial charge in [-0.1, -0.05) is 35.9 Å². The number of hydrogen-bond donors (Lipinski definition) is 1. The fourth-order valence-electron chi connectivity index (χ4n) is 3.34. The molecule has 180 valence electrons. The Hall–Kier alpha value is -2.88. The smallest absolute Gasteiger partial charge is 0.264 e. The standard InChI is InChI=1S/C24H25ClN2O5S2/c1-17-5-4-6-21(15-17)27(34(31,32)23-13-9-20(25)10-14-23)16-24(28)26-18(2)19-7-11-22(12-8-19)33(3,29)30/h4-15,18H,16H2,1-3H3,(H,26,28)/t18-/m1/s1. The fraction of sp³-hybridized carbons (Fsp3) is 0.208. The number of sulfonamides is 1. The van der Waals surface area contributed by atoms with Crippen LogP contribution in [0.5, 0.6) is 0 Å². The van der Waals surface area contributed by atoms with Crippen LogP contribution in [0, 0.1) is 6.92 Å². The van der Waals surface area contributed by atoms with Gasteiger partial charge >= 0.3 is 0 Å². The lowest BCUT2D eigenvalue weighted by Crippen LogP contribution is -2.41. The lowest BCUT2D eigenvalue weighted by atomic mass is 10.1. The van der Waals surface area contributed by atoms with E-state index in [1.165, 1.54) is 36.4 Å². The number of sulfone groups is 1. The summed E-state index contributed by atoms with van der Waals surface area (Å²) in [5.74, 6) is -0.515. The first-order valence-corrected chi connectivity index (χ1v) is 14.0. The molecule has 1 amide bonds. The van der Waals surface area contributed by atoms with Crippen molar-refractivity contribution in [3.8, 4) is 0 Å². The Kier molecular flexibility index (Phi) is 7.70. The molecule has 7 nitrogen and oxygen atoms in total. The van der Waals surface area contributed by atoms with Crippen LogP contribution in [0.4, 0.5) is 5.69 Å². The number of nitrogens with zero attached hydrogens (tertiary/aromatic N) is 1. The van der Waals surface area contributed by atoms with Gasteiger partial charge in [0.25, 0.3) is 10.0 Å². The molecule has 3 aromatic carbocycles. The van der Waals surface area contributed by atoms with Gasteiger partial charge in [-0.3, -0.25) is 9.10 Å². The van der Waals surface area contributed by atoms with Crippen LogP contribution in [-0.2, 0) is 24.7 Å². The number of amides is 1. The second-order valence-electron chi connectivity index (χ2n) is 7.94. The molecule has 0 saturated heterocycles. The number of hydrogen-bond acceptors (Lipinski definition) is 5. The molecule has 3 rings (SSSR count). The molecule has 10 heteroatoms. The first-order valence-electron chi connectivity index (χ1n) is 10.3. The van der Waals surface area contributed by atoms with Crippen LogP contribution in [0.3, 0.4) is 0 Å². The van der Waals surface area contributed by atoms with Gasteiger partial charge in [0, 0.05) is 11.3 Å². The first-order chi connectivity index (χ1) is 15.9. The van der Waals surface area contributed by atoms with Gasteiger partial charge in [-0.05, 0) is 73.5 Å². The second kappa shape index (κ2) is 10.2. The van der Waals surface area contributed by atoms with Gasteiger partial charge in [0.1, 0.15) is 6.54 Å². The summed E-state index contributed by atoms with van der Waals surface area (Å²) in [5.41, 5.74) is 1.88. The normalized spacial score (nSPS) is 12.7. The average Bonchev–Trinajstić information content (AvgIpc) is 2.77. The highest BCUT2D eigenvalue weighted by molar-refractivity contribution is 7.93. The zero-order chi connectivity index (χ0) is 25.1. The third kappa shape index (κ3) is 6.16. The van der Waals surface area contributed by atoms with E-state index in [-0.39, 0.29) is 9.79 Å². The predicted octanol–water partition coefficient (Wildman–Crippen LogP) is 4.12. The summed E-state index contributed by atoms with van der Waals surface area (Å²) in [4.78, 5) is 13.1. The van der Waals surface area contributed by atoms with E-state index in [1.807, 2.05) is 13.0 Å². The summed E-state index contributed by atoms with van der Waals surface area (Å²) in [6.07, 6.45) is 1.12. The number of carbonyl (C=O) groups excluding carboxylic acids is 1. The molecule has 3 aromatic rings. The lowest BCUT2D eigenvalue weighted by molar-refractivity contribution is -0.120. The second-order valence-corrected chi connectivity index (χ2v) is 12.2. The molecule has 0 aliphatic heterocycles. The number of rotatable bonds is 8. The lowest BCUT2D eigenvalue weighted by Gasteiger charge is -2.25. The summed E-state index contributed by atoms with van der Waals surface area (Å²) in [6, 6.07) is 18.3. The SMILES string of the molecule is Cc1cccc(N(CC(=O)N[C@H](C)c2ccc(S(C)(=O)=O)cc2)S(=O)(=O)c2ccc(Cl)cc2)c1. The van der Waals surface area contributed by atoms with Crippen LogP contribution in [0.2, 0.25) is 5.02 Å². The Morgan fingerprint density at radius 3 is 2.09 bits per heavy atom. The highest BCUT2D eigenvalue weighted by Crippen LogP contribution is 2.26. The van der Waals surface area contributed by atoms with Crippen molar-refractivity contribution in [2.24, 2.45) is 0 Å². The van der Waals surface area contributed by atoms with Crippen molar-refractivity contribution in [1.82, 2.24) is 5.32 Å². The van der Waals surface area contributed by atoms with Crippen molar-refractivity contribution < 1.29 is 21.6 Å². The molecule has 0 aliphatic rings. The van der Waals surface area contributed by atoms with E-state index in [1.54, 1.807) is 37.3 Å². The van der Waals surface area contributed by atoms with E-state index >= 15 is 0 Å². The predicted molar refractivity (Wildman–Crippen MR) is 133 cm³/mol. The third-order valence-electron chi connectivity index (χ3n) is 5.16. The number of anilines is 1. The van der Waals surface area contributed by atoms with Crippen LogP contribution in [0.1, 0.15) is 24.1 Å². The highest BCUT2D eigenvalue weighted by Gasteiger charge is 2.28. The first kappa shape index (κ1) is 25.7. The molecular weight excluding hydrogens is 496 g/mol. The molecule has 1 atom stereocenters. The van der Waals surface area contributed by atoms with Gasteiger partial charge in [0.15, 0.2) is 9.84 Å². The van der Waals surface area contributed by atoms with E-state index in [9.17, 15) is 21.6 Å². The quantitative estimate of drug-likeness (QED) is 0.481. The number of nitrogens with one attached hydrogen (secondary N) is 1. The Balaban J connectivity index is 1.86. The molecule has 0 bridgehead atoms. The van der Waals surface area contributed by atoms with Crippen molar-refractivity contribution in [1.29, 1.82) is 0 Å². The van der Waals surface area contributed by atoms with Crippen LogP contribution in [0.15, 0.2) is 82.6 Å². The average molecular weight is 521 g/mol. The summed E-state index contributed by atoms with van der Waals surface area (Å²) < 4.78 is 51.2. The molecule has 0 aromatic heterocycles. The largest absolute Gasteiger partial charge is 0.348 e. The van der Waals surface area contributed by atoms with Crippen molar-refractivity contribution in [2.75, 3.05) is 17.1 Å². The number of halogens is 1. The van der Waals surface area contributed by atoms with Crippen LogP contribution in [0.25, 0.3) is 0 Å². The molecule has 0 radical (unpaired) electrons. The van der Waals surface area contributed by atoms with Crippen LogP contribution in [-0.4, -0.2) is 35.5 Å². The van der Waals surface area contributed by atoms with Crippen molar-refractivity contribution in [2.45, 2.75) is 29.7 Å². The van der Waals surface area contributed by atoms with Gasteiger partial charge in [-0.2, -0.15) is 0 Å². The zero-order valence-corrected chi connectivity index (χ0v) is 21.3. The Morgan fingerprint density at radius 1 is 0.941 bits per heavy atom. The maximum absolute atomic E-state index is 13.4. The number of benzene rings is 3. The summed E-state index contributed by atoms with van der Waals surface area (Å²) in [7, 11) is -7.39. The topological polar surface area (TPSA) is 101 Å². The minimum Gasteiger partial charge on any atom is -0.348 e. The number of aryl methyl sites for hydroxylation is 1. The minimum absolute atomic E-state index is 0.00983. The molecule has 1 N–H and O–H groups in total. The minimum atomic E-state index is -4.06. The Morgan fingerprint density at radius 2 is 1.53 bits per heavy atom. The fourth-order valence-corrected chi connectivity index (χ4v) is 5.51. The van der Waals surface area contributed by atoms with Gasteiger partial charge in [-0.15, -0.1) is 0 Å². The van der Waals surface area contributed by atoms with Crippen LogP contribution < -0.4 is 9.62 Å². The van der Waals surface area contributed by atoms with Gasteiger partial charge < -0.3 is 5.32 Å². The molecule has 34 heavy (non-hydrogen) atoms. The Labute approximate surface area is 205 Å². The molecule has 0 heterocycles. The zero-order valence-electron chi connectivity index (χ0n) is 18.9. The van der Waals surface area contributed by atoms with Gasteiger partial charge in [0.05, 0.1) is 21.5 Å². The van der Waals surface area contributed by atoms with Crippen molar-refractivity contribution >= 4 is 43.1 Å². The maximum atomic E-state index is 13.4. The molecular formula is C24H25ClN2O5S2. The van der Waals surface area contributed by atoms with E-state index < -0.39 is 38.4 Å². The third-order valence-corrected chi connectivity index (χ3v) is 8.33. The van der Waals surface area contributed by atoms with E-state index in [2.05, 4.69) is 5.32 Å². The summed E-state index contributed by atoms with van der Waals surface area (Å²) >= 11 is 5.91. The molecule has 0 spiro atoms. The Bertz CT molecular complexity index is 1390. The van der Waals surface area contributed by atoms with Crippen LogP contribution >= 0.6 is 11.6 Å². The van der Waals surface area contributed by atoms with E-state index in [0.29, 0.717) is 16.3 Å². The highest BCUT2D eigenvalue weighted by atomic mass is 35.5. The van der Waals surface area contributed by atoms with Gasteiger partial charge in [0.2, 0.25) is 5.91 Å². The van der Waals surface area contributed by atoms with E-state index in [0.717, 1.165) is 16.1 Å². The monoisotopic (exact) mass is 520 g/mol. The van der Waals surface area contributed by atoms with Gasteiger partial charge in [-0.25, -0.2) is 16.8 Å². The summed E-state index contributed by atoms with van der Waals surface area (Å²) in [5, 5.41) is 3.18. The molecule has 0 unspecified atom stereocenters. The van der Waals surface area contributed by atoms with Crippen molar-refractivity contribution in [3.05, 3.63) is 88.9 Å².